The number of hydrogen-bond donors (Lipinski definition) is 6. The zero-order valence-corrected chi connectivity index (χ0v) is 18.7. The predicted molar refractivity (Wildman–Crippen MR) is 116 cm³/mol. The van der Waals surface area contributed by atoms with Gasteiger partial charge in [-0.05, 0) is 13.3 Å². The third kappa shape index (κ3) is 4.68. The van der Waals surface area contributed by atoms with Crippen molar-refractivity contribution >= 4 is 17.3 Å². The van der Waals surface area contributed by atoms with Gasteiger partial charge in [0.2, 0.25) is 6.29 Å². The van der Waals surface area contributed by atoms with Gasteiger partial charge in [-0.3, -0.25) is 0 Å². The van der Waals surface area contributed by atoms with Crippen LogP contribution in [0.4, 0.5) is 17.3 Å². The Bertz CT molecular complexity index is 879. The number of aliphatic hydroxyl groups is 5. The number of nitrogens with zero attached hydrogens (tertiary/aromatic N) is 4. The quantitative estimate of drug-likeness (QED) is 0.158. The molecule has 7 N–H and O–H groups in total. The van der Waals surface area contributed by atoms with Crippen LogP contribution >= 0.6 is 0 Å². The average Bonchev–Trinajstić information content (AvgIpc) is 3.40. The number of nitrogens with two attached hydrogens (primary N) is 1. The number of fused-ring (bicyclic) bond motifs is 1. The van der Waals surface area contributed by atoms with Crippen LogP contribution in [0.3, 0.4) is 0 Å². The molecule has 8 atom stereocenters. The van der Waals surface area contributed by atoms with Gasteiger partial charge in [0.15, 0.2) is 23.6 Å². The van der Waals surface area contributed by atoms with Gasteiger partial charge < -0.3 is 50.4 Å². The lowest BCUT2D eigenvalue weighted by Crippen LogP contribution is -2.47. The largest absolute Gasteiger partial charge is 0.394 e. The molecule has 1 unspecified atom stereocenters. The van der Waals surface area contributed by atoms with Crippen LogP contribution in [0.25, 0.3) is 0 Å². The van der Waals surface area contributed by atoms with Gasteiger partial charge in [0, 0.05) is 0 Å². The summed E-state index contributed by atoms with van der Waals surface area (Å²) in [5.41, 5.74) is 7.23. The summed E-state index contributed by atoms with van der Waals surface area (Å²) in [4.78, 5) is 15.4. The molecule has 4 rings (SSSR count). The van der Waals surface area contributed by atoms with Crippen molar-refractivity contribution in [3.63, 3.8) is 0 Å². The molecule has 2 fully saturated rings. The topological polar surface area (TPSA) is 196 Å². The van der Waals surface area contributed by atoms with Crippen molar-refractivity contribution in [2.75, 3.05) is 42.2 Å². The van der Waals surface area contributed by atoms with Gasteiger partial charge in [-0.25, -0.2) is 19.9 Å². The molecule has 0 radical (unpaired) electrons. The molecule has 3 aliphatic heterocycles. The van der Waals surface area contributed by atoms with Gasteiger partial charge in [0.25, 0.3) is 0 Å². The monoisotopic (exact) mass is 485 g/mol. The zero-order valence-electron chi connectivity index (χ0n) is 18.7. The van der Waals surface area contributed by atoms with Crippen molar-refractivity contribution in [1.29, 1.82) is 0 Å². The second-order valence-electron chi connectivity index (χ2n) is 8.56. The van der Waals surface area contributed by atoms with E-state index in [2.05, 4.69) is 16.5 Å². The molecule has 4 heterocycles. The minimum atomic E-state index is -1.43. The molecular formula is C20H31N5O9. The van der Waals surface area contributed by atoms with Crippen LogP contribution in [0.15, 0.2) is 18.5 Å². The number of ether oxygens (including phenoxy) is 3. The van der Waals surface area contributed by atoms with Gasteiger partial charge in [-0.2, -0.15) is 0 Å². The maximum absolute atomic E-state index is 10.7. The molecule has 0 amide bonds. The van der Waals surface area contributed by atoms with Crippen LogP contribution in [-0.2, 0) is 19.0 Å². The Kier molecular flexibility index (Phi) is 7.51. The average molecular weight is 485 g/mol. The second-order valence-corrected chi connectivity index (χ2v) is 8.56. The molecule has 0 aliphatic carbocycles. The Labute approximate surface area is 195 Å². The molecule has 14 heteroatoms. The van der Waals surface area contributed by atoms with E-state index in [9.17, 15) is 25.5 Å². The molecule has 0 aromatic carbocycles. The van der Waals surface area contributed by atoms with E-state index in [1.165, 1.54) is 16.3 Å². The van der Waals surface area contributed by atoms with Crippen molar-refractivity contribution in [3.05, 3.63) is 18.5 Å². The lowest BCUT2D eigenvalue weighted by molar-refractivity contribution is -0.176. The summed E-state index contributed by atoms with van der Waals surface area (Å²) in [7, 11) is 0. The fourth-order valence-corrected chi connectivity index (χ4v) is 4.04. The Morgan fingerprint density at radius 3 is 2.56 bits per heavy atom. The van der Waals surface area contributed by atoms with E-state index < -0.39 is 55.7 Å². The zero-order chi connectivity index (χ0) is 24.6. The first kappa shape index (κ1) is 25.0. The molecule has 14 nitrogen and oxygen atoms in total. The summed E-state index contributed by atoms with van der Waals surface area (Å²) in [6, 6.07) is 0. The summed E-state index contributed by atoms with van der Waals surface area (Å²) in [5, 5.41) is 52.0. The maximum atomic E-state index is 10.7. The Balaban J connectivity index is 1.48. The van der Waals surface area contributed by atoms with Gasteiger partial charge in [-0.1, -0.05) is 5.57 Å². The van der Waals surface area contributed by atoms with E-state index in [1.54, 1.807) is 0 Å². The Hall–Kier alpha value is -2.14. The Morgan fingerprint density at radius 2 is 1.88 bits per heavy atom. The fourth-order valence-electron chi connectivity index (χ4n) is 4.04. The number of nitrogen functional groups attached to an aromatic ring is 1. The summed E-state index contributed by atoms with van der Waals surface area (Å²) >= 11 is 0. The highest BCUT2D eigenvalue weighted by Gasteiger charge is 2.51. The standard InChI is InChI=1S/C20H31N5O9/c1-9(2)3-4-31-6-11-14(28)15(29)19(32-11)24-8-25(12-17(21)22-7-23-18(12)24)34-20-16(30)13(27)10(5-26)33-20/h7,10-11,13-16,19-20,26-30H,1,3-6,8H2,2H3,(H2,21,22,23)/t10-,11-,13-,14-,15-,16-,19-,20?/m1/s1. The van der Waals surface area contributed by atoms with Crippen LogP contribution in [0, 0.1) is 0 Å². The molecule has 1 aromatic rings. The first-order chi connectivity index (χ1) is 16.2. The molecule has 0 bridgehead atoms. The van der Waals surface area contributed by atoms with Crippen molar-refractivity contribution in [1.82, 2.24) is 9.97 Å². The fraction of sp³-hybridized carbons (Fsp3) is 0.700. The first-order valence-corrected chi connectivity index (χ1v) is 10.9. The second kappa shape index (κ2) is 10.2. The van der Waals surface area contributed by atoms with Crippen molar-refractivity contribution in [2.45, 2.75) is 62.5 Å². The van der Waals surface area contributed by atoms with Crippen molar-refractivity contribution < 1.29 is 44.6 Å². The Morgan fingerprint density at radius 1 is 1.15 bits per heavy atom. The van der Waals surface area contributed by atoms with Crippen LogP contribution in [0.1, 0.15) is 13.3 Å². The summed E-state index contributed by atoms with van der Waals surface area (Å²) < 4.78 is 16.8. The highest BCUT2D eigenvalue weighted by Crippen LogP contribution is 2.42. The SMILES string of the molecule is C=C(C)CCOC[C@H]1O[C@@H](N2CN(OC3O[C@H](CO)[C@@H](O)[C@H]3O)c3c(N)ncnc32)[C@H](O)[C@@H]1O. The summed E-state index contributed by atoms with van der Waals surface area (Å²) in [6.45, 7) is 5.58. The molecule has 0 spiro atoms. The lowest BCUT2D eigenvalue weighted by Gasteiger charge is -2.29. The first-order valence-electron chi connectivity index (χ1n) is 10.9. The highest BCUT2D eigenvalue weighted by molar-refractivity contribution is 5.80. The van der Waals surface area contributed by atoms with Crippen molar-refractivity contribution in [2.24, 2.45) is 0 Å². The van der Waals surface area contributed by atoms with E-state index in [0.717, 1.165) is 5.57 Å². The molecule has 0 saturated carbocycles. The molecule has 3 aliphatic rings. The number of aromatic nitrogens is 2. The molecule has 190 valence electrons. The maximum Gasteiger partial charge on any atom is 0.213 e. The van der Waals surface area contributed by atoms with Crippen LogP contribution in [0.2, 0.25) is 0 Å². The molecule has 1 aromatic heterocycles. The lowest BCUT2D eigenvalue weighted by atomic mass is 10.1. The third-order valence-corrected chi connectivity index (χ3v) is 5.96. The van der Waals surface area contributed by atoms with Gasteiger partial charge >= 0.3 is 0 Å². The predicted octanol–water partition coefficient (Wildman–Crippen LogP) is -2.56. The van der Waals surface area contributed by atoms with Gasteiger partial charge in [-0.15, -0.1) is 6.58 Å². The number of anilines is 3. The van der Waals surface area contributed by atoms with Gasteiger partial charge in [0.1, 0.15) is 49.6 Å². The molecule has 34 heavy (non-hydrogen) atoms. The van der Waals surface area contributed by atoms with Gasteiger partial charge in [0.05, 0.1) is 19.8 Å². The smallest absolute Gasteiger partial charge is 0.213 e. The third-order valence-electron chi connectivity index (χ3n) is 5.96. The van der Waals surface area contributed by atoms with E-state index in [-0.39, 0.29) is 30.6 Å². The van der Waals surface area contributed by atoms with Crippen LogP contribution < -0.4 is 15.7 Å². The van der Waals surface area contributed by atoms with E-state index in [4.69, 9.17) is 24.8 Å². The molecule has 2 saturated heterocycles. The number of hydrogen-bond acceptors (Lipinski definition) is 14. The van der Waals surface area contributed by atoms with Crippen molar-refractivity contribution in [3.8, 4) is 0 Å². The van der Waals surface area contributed by atoms with Crippen LogP contribution in [0.5, 0.6) is 0 Å². The highest BCUT2D eigenvalue weighted by atomic mass is 16.8. The van der Waals surface area contributed by atoms with E-state index in [0.29, 0.717) is 13.0 Å². The van der Waals surface area contributed by atoms with Crippen LogP contribution in [-0.4, -0.2) is 111 Å². The normalized spacial score (nSPS) is 35.2. The number of hydroxylamine groups is 1. The van der Waals surface area contributed by atoms with E-state index in [1.807, 2.05) is 6.92 Å². The minimum absolute atomic E-state index is 0.0481. The number of rotatable bonds is 9. The number of aliphatic hydroxyl groups excluding tert-OH is 5. The molecular weight excluding hydrogens is 454 g/mol. The van der Waals surface area contributed by atoms with E-state index >= 15 is 0 Å². The minimum Gasteiger partial charge on any atom is -0.394 e. The summed E-state index contributed by atoms with van der Waals surface area (Å²) in [6.07, 6.45) is -7.54. The summed E-state index contributed by atoms with van der Waals surface area (Å²) in [5.74, 6) is 0.311.